The molecule has 6 nitrogen and oxygen atoms in total. The first-order valence-corrected chi connectivity index (χ1v) is 8.77. The number of guanidine groups is 1. The predicted molar refractivity (Wildman–Crippen MR) is 103 cm³/mol. The van der Waals surface area contributed by atoms with Gasteiger partial charge in [0.15, 0.2) is 5.96 Å². The number of hydrogen-bond donors (Lipinski definition) is 2. The molecule has 0 aliphatic carbocycles. The van der Waals surface area contributed by atoms with Gasteiger partial charge in [0.1, 0.15) is 0 Å². The molecule has 0 bridgehead atoms. The summed E-state index contributed by atoms with van der Waals surface area (Å²) < 4.78 is 5.30. The number of aliphatic imine (C=N–C) groups is 1. The number of aromatic nitrogens is 2. The van der Waals surface area contributed by atoms with Crippen LogP contribution in [0.5, 0.6) is 0 Å². The van der Waals surface area contributed by atoms with Gasteiger partial charge in [-0.1, -0.05) is 47.1 Å². The molecule has 7 heteroatoms. The van der Waals surface area contributed by atoms with Gasteiger partial charge in [0.05, 0.1) is 13.1 Å². The van der Waals surface area contributed by atoms with Crippen LogP contribution < -0.4 is 10.6 Å². The van der Waals surface area contributed by atoms with E-state index in [4.69, 9.17) is 16.1 Å². The zero-order chi connectivity index (χ0) is 18.2. The summed E-state index contributed by atoms with van der Waals surface area (Å²) in [5, 5.41) is 11.1. The number of nitrogens with one attached hydrogen (secondary N) is 2. The molecule has 0 aliphatic rings. The van der Waals surface area contributed by atoms with Gasteiger partial charge in [0, 0.05) is 17.1 Å². The minimum absolute atomic E-state index is 0.390. The summed E-state index contributed by atoms with van der Waals surface area (Å²) in [6.45, 7) is 3.77. The molecule has 2 N–H and O–H groups in total. The van der Waals surface area contributed by atoms with Crippen LogP contribution in [0.25, 0.3) is 11.4 Å². The van der Waals surface area contributed by atoms with Crippen LogP contribution in [0.4, 0.5) is 0 Å². The van der Waals surface area contributed by atoms with Crippen LogP contribution in [0, 0.1) is 0 Å². The Bertz CT molecular complexity index is 846. The Morgan fingerprint density at radius 2 is 1.85 bits per heavy atom. The van der Waals surface area contributed by atoms with Gasteiger partial charge in [-0.25, -0.2) is 4.99 Å². The fourth-order valence-corrected chi connectivity index (χ4v) is 2.42. The summed E-state index contributed by atoms with van der Waals surface area (Å²) in [6.07, 6.45) is 0. The van der Waals surface area contributed by atoms with Crippen molar-refractivity contribution in [3.8, 4) is 11.4 Å². The van der Waals surface area contributed by atoms with Gasteiger partial charge in [-0.3, -0.25) is 0 Å². The van der Waals surface area contributed by atoms with E-state index >= 15 is 0 Å². The number of hydrogen-bond acceptors (Lipinski definition) is 4. The van der Waals surface area contributed by atoms with Crippen molar-refractivity contribution in [3.63, 3.8) is 0 Å². The fourth-order valence-electron chi connectivity index (χ4n) is 2.30. The number of nitrogens with zero attached hydrogens (tertiary/aromatic N) is 3. The van der Waals surface area contributed by atoms with Crippen molar-refractivity contribution < 1.29 is 4.52 Å². The second-order valence-corrected chi connectivity index (χ2v) is 5.99. The van der Waals surface area contributed by atoms with Gasteiger partial charge >= 0.3 is 0 Å². The predicted octanol–water partition coefficient (Wildman–Crippen LogP) is 3.65. The molecule has 0 fully saturated rings. The molecular formula is C19H20ClN5O. The molecule has 0 amide bonds. The van der Waals surface area contributed by atoms with E-state index in [9.17, 15) is 0 Å². The maximum Gasteiger partial charge on any atom is 0.246 e. The van der Waals surface area contributed by atoms with Crippen LogP contribution in [0.2, 0.25) is 5.02 Å². The maximum absolute atomic E-state index is 5.90. The average Bonchev–Trinajstić information content (AvgIpc) is 3.14. The highest BCUT2D eigenvalue weighted by Crippen LogP contribution is 2.18. The third-order valence-corrected chi connectivity index (χ3v) is 3.84. The first kappa shape index (κ1) is 17.9. The standard InChI is InChI=1S/C19H20ClN5O/c1-2-21-19(22-12-14-6-4-3-5-7-14)23-13-17-24-18(25-26-17)15-8-10-16(20)11-9-15/h3-11H,2,12-13H2,1H3,(H2,21,22,23). The number of halogens is 1. The van der Waals surface area contributed by atoms with E-state index in [2.05, 4.69) is 25.8 Å². The summed E-state index contributed by atoms with van der Waals surface area (Å²) >= 11 is 5.90. The minimum atomic E-state index is 0.390. The molecule has 0 aliphatic heterocycles. The quantitative estimate of drug-likeness (QED) is 0.512. The first-order valence-electron chi connectivity index (χ1n) is 8.39. The lowest BCUT2D eigenvalue weighted by Crippen LogP contribution is -2.36. The summed E-state index contributed by atoms with van der Waals surface area (Å²) in [6, 6.07) is 17.4. The molecule has 0 spiro atoms. The number of rotatable bonds is 6. The lowest BCUT2D eigenvalue weighted by molar-refractivity contribution is 0.375. The Morgan fingerprint density at radius 1 is 1.08 bits per heavy atom. The third kappa shape index (κ3) is 5.07. The molecule has 2 aromatic carbocycles. The Morgan fingerprint density at radius 3 is 2.58 bits per heavy atom. The summed E-state index contributed by atoms with van der Waals surface area (Å²) in [7, 11) is 0. The van der Waals surface area contributed by atoms with Crippen molar-refractivity contribution >= 4 is 17.6 Å². The Hall–Kier alpha value is -2.86. The molecule has 1 heterocycles. The van der Waals surface area contributed by atoms with Gasteiger partial charge in [-0.15, -0.1) is 0 Å². The Kier molecular flexibility index (Phi) is 6.22. The molecule has 0 radical (unpaired) electrons. The van der Waals surface area contributed by atoms with Crippen LogP contribution in [0.3, 0.4) is 0 Å². The fraction of sp³-hybridized carbons (Fsp3) is 0.211. The van der Waals surface area contributed by atoms with Gasteiger partial charge in [-0.2, -0.15) is 4.98 Å². The summed E-state index contributed by atoms with van der Waals surface area (Å²) in [5.74, 6) is 1.72. The van der Waals surface area contributed by atoms with Gasteiger partial charge in [0.2, 0.25) is 11.7 Å². The third-order valence-electron chi connectivity index (χ3n) is 3.58. The molecule has 0 saturated carbocycles. The second-order valence-electron chi connectivity index (χ2n) is 5.55. The van der Waals surface area contributed by atoms with E-state index in [1.165, 1.54) is 0 Å². The zero-order valence-electron chi connectivity index (χ0n) is 14.4. The highest BCUT2D eigenvalue weighted by Gasteiger charge is 2.09. The lowest BCUT2D eigenvalue weighted by Gasteiger charge is -2.09. The van der Waals surface area contributed by atoms with E-state index in [0.29, 0.717) is 35.8 Å². The maximum atomic E-state index is 5.90. The average molecular weight is 370 g/mol. The molecule has 1 aromatic heterocycles. The molecule has 26 heavy (non-hydrogen) atoms. The van der Waals surface area contributed by atoms with E-state index in [-0.39, 0.29) is 0 Å². The smallest absolute Gasteiger partial charge is 0.246 e. The monoisotopic (exact) mass is 369 g/mol. The Balaban J connectivity index is 1.61. The van der Waals surface area contributed by atoms with Gasteiger partial charge in [0.25, 0.3) is 0 Å². The van der Waals surface area contributed by atoms with Crippen molar-refractivity contribution in [2.45, 2.75) is 20.0 Å². The van der Waals surface area contributed by atoms with Crippen molar-refractivity contribution in [2.24, 2.45) is 4.99 Å². The number of benzene rings is 2. The van der Waals surface area contributed by atoms with Crippen molar-refractivity contribution in [1.29, 1.82) is 0 Å². The molecular weight excluding hydrogens is 350 g/mol. The molecule has 0 unspecified atom stereocenters. The van der Waals surface area contributed by atoms with Crippen LogP contribution in [0.15, 0.2) is 64.1 Å². The van der Waals surface area contributed by atoms with E-state index in [1.807, 2.05) is 49.4 Å². The molecule has 3 rings (SSSR count). The molecule has 3 aromatic rings. The molecule has 0 saturated heterocycles. The van der Waals surface area contributed by atoms with Crippen LogP contribution >= 0.6 is 11.6 Å². The Labute approximate surface area is 157 Å². The summed E-state index contributed by atoms with van der Waals surface area (Å²) in [5.41, 5.74) is 2.00. The molecule has 0 atom stereocenters. The van der Waals surface area contributed by atoms with Gasteiger partial charge in [-0.05, 0) is 36.8 Å². The second kappa shape index (κ2) is 9.01. The minimum Gasteiger partial charge on any atom is -0.357 e. The summed E-state index contributed by atoms with van der Waals surface area (Å²) in [4.78, 5) is 8.96. The van der Waals surface area contributed by atoms with Crippen LogP contribution in [0.1, 0.15) is 18.4 Å². The lowest BCUT2D eigenvalue weighted by atomic mass is 10.2. The van der Waals surface area contributed by atoms with Crippen LogP contribution in [-0.4, -0.2) is 22.6 Å². The van der Waals surface area contributed by atoms with Gasteiger partial charge < -0.3 is 15.2 Å². The zero-order valence-corrected chi connectivity index (χ0v) is 15.2. The van der Waals surface area contributed by atoms with E-state index in [1.54, 1.807) is 12.1 Å². The first-order chi connectivity index (χ1) is 12.7. The highest BCUT2D eigenvalue weighted by molar-refractivity contribution is 6.30. The highest BCUT2D eigenvalue weighted by atomic mass is 35.5. The van der Waals surface area contributed by atoms with Crippen molar-refractivity contribution in [1.82, 2.24) is 20.8 Å². The van der Waals surface area contributed by atoms with E-state index in [0.717, 1.165) is 17.7 Å². The van der Waals surface area contributed by atoms with Crippen molar-refractivity contribution in [2.75, 3.05) is 6.54 Å². The SMILES string of the molecule is CCNC(=NCc1ccccc1)NCc1nc(-c2ccc(Cl)cc2)no1. The molecule has 134 valence electrons. The normalized spacial score (nSPS) is 11.4. The van der Waals surface area contributed by atoms with E-state index < -0.39 is 0 Å². The van der Waals surface area contributed by atoms with Crippen molar-refractivity contribution in [3.05, 3.63) is 71.1 Å². The largest absolute Gasteiger partial charge is 0.357 e. The topological polar surface area (TPSA) is 75.3 Å². The van der Waals surface area contributed by atoms with Crippen LogP contribution in [-0.2, 0) is 13.1 Å².